The highest BCUT2D eigenvalue weighted by molar-refractivity contribution is 5.29. The van der Waals surface area contributed by atoms with Crippen molar-refractivity contribution in [3.63, 3.8) is 0 Å². The summed E-state index contributed by atoms with van der Waals surface area (Å²) in [5, 5.41) is 0. The third kappa shape index (κ3) is 4.33. The van der Waals surface area contributed by atoms with Gasteiger partial charge < -0.3 is 0 Å². The molecule has 1 aromatic rings. The van der Waals surface area contributed by atoms with Crippen LogP contribution in [0.15, 0.2) is 18.2 Å². The van der Waals surface area contributed by atoms with Crippen molar-refractivity contribution in [3.05, 3.63) is 34.9 Å². The molecule has 0 fully saturated rings. The van der Waals surface area contributed by atoms with Gasteiger partial charge in [0.05, 0.1) is 0 Å². The summed E-state index contributed by atoms with van der Waals surface area (Å²) in [6.45, 7) is 8.74. The van der Waals surface area contributed by atoms with Gasteiger partial charge in [-0.3, -0.25) is 11.3 Å². The largest absolute Gasteiger partial charge is 0.271 e. The summed E-state index contributed by atoms with van der Waals surface area (Å²) in [6, 6.07) is 7.08. The van der Waals surface area contributed by atoms with Crippen LogP contribution in [0, 0.1) is 19.8 Å². The van der Waals surface area contributed by atoms with Gasteiger partial charge in [-0.15, -0.1) is 0 Å². The van der Waals surface area contributed by atoms with Crippen molar-refractivity contribution in [2.45, 2.75) is 46.6 Å². The van der Waals surface area contributed by atoms with Gasteiger partial charge in [0.15, 0.2) is 0 Å². The average molecular weight is 220 g/mol. The quantitative estimate of drug-likeness (QED) is 0.591. The summed E-state index contributed by atoms with van der Waals surface area (Å²) in [5.74, 6) is 6.27. The monoisotopic (exact) mass is 220 g/mol. The average Bonchev–Trinajstić information content (AvgIpc) is 2.14. The lowest BCUT2D eigenvalue weighted by Crippen LogP contribution is -2.37. The van der Waals surface area contributed by atoms with E-state index in [9.17, 15) is 0 Å². The number of aryl methyl sites for hydroxylation is 2. The van der Waals surface area contributed by atoms with E-state index in [2.05, 4.69) is 51.3 Å². The van der Waals surface area contributed by atoms with Gasteiger partial charge in [0, 0.05) is 6.04 Å². The van der Waals surface area contributed by atoms with E-state index < -0.39 is 0 Å². The molecule has 0 amide bonds. The van der Waals surface area contributed by atoms with Gasteiger partial charge in [-0.1, -0.05) is 43.2 Å². The maximum atomic E-state index is 5.60. The molecule has 1 rings (SSSR count). The van der Waals surface area contributed by atoms with Gasteiger partial charge >= 0.3 is 0 Å². The summed E-state index contributed by atoms with van der Waals surface area (Å²) in [6.07, 6.45) is 2.13. The Morgan fingerprint density at radius 3 is 2.12 bits per heavy atom. The van der Waals surface area contributed by atoms with E-state index in [0.717, 1.165) is 12.8 Å². The van der Waals surface area contributed by atoms with Crippen LogP contribution in [0.25, 0.3) is 0 Å². The van der Waals surface area contributed by atoms with Crippen LogP contribution in [0.1, 0.15) is 37.0 Å². The zero-order valence-electron chi connectivity index (χ0n) is 10.9. The molecule has 0 heterocycles. The number of nitrogens with one attached hydrogen (secondary N) is 1. The summed E-state index contributed by atoms with van der Waals surface area (Å²) in [5.41, 5.74) is 6.95. The first kappa shape index (κ1) is 13.2. The molecule has 0 aromatic heterocycles. The molecule has 3 N–H and O–H groups in total. The van der Waals surface area contributed by atoms with E-state index in [4.69, 9.17) is 5.84 Å². The molecule has 0 saturated heterocycles. The zero-order chi connectivity index (χ0) is 12.1. The lowest BCUT2D eigenvalue weighted by molar-refractivity contribution is 0.423. The molecule has 0 saturated carbocycles. The maximum absolute atomic E-state index is 5.60. The maximum Gasteiger partial charge on any atom is 0.0253 e. The minimum absolute atomic E-state index is 0.376. The third-order valence-electron chi connectivity index (χ3n) is 2.76. The van der Waals surface area contributed by atoms with Crippen molar-refractivity contribution < 1.29 is 0 Å². The van der Waals surface area contributed by atoms with Crippen molar-refractivity contribution in [2.24, 2.45) is 11.8 Å². The topological polar surface area (TPSA) is 38.0 Å². The Morgan fingerprint density at radius 1 is 1.12 bits per heavy atom. The number of benzene rings is 1. The van der Waals surface area contributed by atoms with Gasteiger partial charge in [0.25, 0.3) is 0 Å². The van der Waals surface area contributed by atoms with Crippen molar-refractivity contribution in [3.8, 4) is 0 Å². The smallest absolute Gasteiger partial charge is 0.0253 e. The van der Waals surface area contributed by atoms with E-state index in [-0.39, 0.29) is 0 Å². The molecule has 0 spiro atoms. The van der Waals surface area contributed by atoms with Crippen molar-refractivity contribution in [2.75, 3.05) is 0 Å². The fourth-order valence-electron chi connectivity index (χ4n) is 2.25. The Labute approximate surface area is 99.2 Å². The fourth-order valence-corrected chi connectivity index (χ4v) is 2.25. The molecule has 1 aromatic carbocycles. The first-order valence-electron chi connectivity index (χ1n) is 6.04. The van der Waals surface area contributed by atoms with Crippen LogP contribution < -0.4 is 11.3 Å². The van der Waals surface area contributed by atoms with E-state index in [0.29, 0.717) is 12.0 Å². The van der Waals surface area contributed by atoms with Crippen molar-refractivity contribution in [1.29, 1.82) is 0 Å². The first-order valence-corrected chi connectivity index (χ1v) is 6.04. The predicted octanol–water partition coefficient (Wildman–Crippen LogP) is 2.72. The molecule has 2 heteroatoms. The molecule has 2 nitrogen and oxygen atoms in total. The van der Waals surface area contributed by atoms with Gasteiger partial charge in [0.2, 0.25) is 0 Å². The van der Waals surface area contributed by atoms with Crippen molar-refractivity contribution in [1.82, 2.24) is 5.43 Å². The number of hydrogen-bond acceptors (Lipinski definition) is 2. The molecule has 0 aliphatic rings. The highest BCUT2D eigenvalue weighted by Crippen LogP contribution is 2.14. The molecular formula is C14H24N2. The molecule has 0 bridgehead atoms. The molecule has 0 radical (unpaired) electrons. The second kappa shape index (κ2) is 6.02. The Balaban J connectivity index is 2.69. The fraction of sp³-hybridized carbons (Fsp3) is 0.571. The molecule has 90 valence electrons. The minimum atomic E-state index is 0.376. The number of rotatable bonds is 5. The summed E-state index contributed by atoms with van der Waals surface area (Å²) < 4.78 is 0. The number of hydrazine groups is 1. The Morgan fingerprint density at radius 2 is 1.69 bits per heavy atom. The van der Waals surface area contributed by atoms with Crippen LogP contribution in [0.3, 0.4) is 0 Å². The SMILES string of the molecule is Cc1cc(C)cc(CC(CC(C)C)NN)c1. The van der Waals surface area contributed by atoms with Crippen LogP contribution >= 0.6 is 0 Å². The van der Waals surface area contributed by atoms with Gasteiger partial charge in [-0.2, -0.15) is 0 Å². The summed E-state index contributed by atoms with van der Waals surface area (Å²) in [4.78, 5) is 0. The summed E-state index contributed by atoms with van der Waals surface area (Å²) >= 11 is 0. The standard InChI is InChI=1S/C14H24N2/c1-10(2)5-14(16-15)9-13-7-11(3)6-12(4)8-13/h6-8,10,14,16H,5,9,15H2,1-4H3. The lowest BCUT2D eigenvalue weighted by atomic mass is 9.96. The van der Waals surface area contributed by atoms with Crippen LogP contribution in [0.5, 0.6) is 0 Å². The lowest BCUT2D eigenvalue weighted by Gasteiger charge is -2.18. The van der Waals surface area contributed by atoms with E-state index in [1.807, 2.05) is 0 Å². The molecule has 1 atom stereocenters. The van der Waals surface area contributed by atoms with E-state index in [1.54, 1.807) is 0 Å². The molecule has 1 unspecified atom stereocenters. The number of nitrogens with two attached hydrogens (primary N) is 1. The van der Waals surface area contributed by atoms with Gasteiger partial charge in [-0.25, -0.2) is 0 Å². The first-order chi connectivity index (χ1) is 7.51. The highest BCUT2D eigenvalue weighted by Gasteiger charge is 2.10. The van der Waals surface area contributed by atoms with Gasteiger partial charge in [-0.05, 0) is 38.2 Å². The van der Waals surface area contributed by atoms with Crippen LogP contribution in [-0.2, 0) is 6.42 Å². The second-order valence-electron chi connectivity index (χ2n) is 5.19. The van der Waals surface area contributed by atoms with Crippen LogP contribution in [0.2, 0.25) is 0 Å². The minimum Gasteiger partial charge on any atom is -0.271 e. The second-order valence-corrected chi connectivity index (χ2v) is 5.19. The molecular weight excluding hydrogens is 196 g/mol. The van der Waals surface area contributed by atoms with E-state index in [1.165, 1.54) is 16.7 Å². The predicted molar refractivity (Wildman–Crippen MR) is 70.2 cm³/mol. The molecule has 0 aliphatic heterocycles. The molecule has 16 heavy (non-hydrogen) atoms. The Kier molecular flexibility index (Phi) is 4.97. The third-order valence-corrected chi connectivity index (χ3v) is 2.76. The summed E-state index contributed by atoms with van der Waals surface area (Å²) in [7, 11) is 0. The van der Waals surface area contributed by atoms with E-state index >= 15 is 0 Å². The molecule has 0 aliphatic carbocycles. The van der Waals surface area contributed by atoms with Crippen molar-refractivity contribution >= 4 is 0 Å². The highest BCUT2D eigenvalue weighted by atomic mass is 15.2. The van der Waals surface area contributed by atoms with Crippen LogP contribution in [0.4, 0.5) is 0 Å². The Bertz CT molecular complexity index is 311. The van der Waals surface area contributed by atoms with Crippen LogP contribution in [-0.4, -0.2) is 6.04 Å². The number of hydrogen-bond donors (Lipinski definition) is 2. The zero-order valence-corrected chi connectivity index (χ0v) is 10.9. The normalized spacial score (nSPS) is 13.1. The van der Waals surface area contributed by atoms with Gasteiger partial charge in [0.1, 0.15) is 0 Å². The Hall–Kier alpha value is -0.860.